The van der Waals surface area contributed by atoms with E-state index in [0.717, 1.165) is 16.5 Å². The smallest absolute Gasteiger partial charge is 0.345 e. The number of hydrogen-bond acceptors (Lipinski definition) is 2. The lowest BCUT2D eigenvalue weighted by Crippen LogP contribution is -2.18. The minimum atomic E-state index is -4.59. The Morgan fingerprint density at radius 3 is 2.65 bits per heavy atom. The fraction of sp³-hybridized carbons (Fsp3) is 0.429. The Bertz CT molecular complexity index is 575. The van der Waals surface area contributed by atoms with Gasteiger partial charge in [-0.1, -0.05) is 18.2 Å². The van der Waals surface area contributed by atoms with Crippen molar-refractivity contribution in [3.05, 3.63) is 36.0 Å². The van der Waals surface area contributed by atoms with E-state index >= 15 is 0 Å². The number of fused-ring (bicyclic) bond motifs is 1. The number of ether oxygens (including phenoxy) is 1. The first-order valence-corrected chi connectivity index (χ1v) is 6.40. The lowest BCUT2D eigenvalue weighted by Gasteiger charge is -2.08. The molecule has 2 rings (SSSR count). The summed E-state index contributed by atoms with van der Waals surface area (Å²) in [6, 6.07) is 7.60. The molecule has 0 spiro atoms. The third-order valence-corrected chi connectivity index (χ3v) is 3.01. The third-order valence-electron chi connectivity index (χ3n) is 3.01. The van der Waals surface area contributed by atoms with Crippen LogP contribution in [0.1, 0.15) is 12.5 Å². The summed E-state index contributed by atoms with van der Waals surface area (Å²) in [5.41, 5.74) is 7.74. The number of alkyl halides is 3. The normalized spacial score (nSPS) is 13.8. The van der Waals surface area contributed by atoms with Crippen molar-refractivity contribution in [2.24, 2.45) is 5.73 Å². The summed E-state index contributed by atoms with van der Waals surface area (Å²) in [6.07, 6.45) is -2.04. The van der Waals surface area contributed by atoms with E-state index in [-0.39, 0.29) is 12.6 Å². The standard InChI is InChI=1S/C14H17F3N2O/c1-10(18)8-11-9-19(6-7-20-14(15,16)17)13-5-3-2-4-12(11)13/h2-5,9-10H,6-8,18H2,1H3. The van der Waals surface area contributed by atoms with Crippen LogP contribution in [0.3, 0.4) is 0 Å². The molecule has 6 heteroatoms. The molecule has 3 nitrogen and oxygen atoms in total. The number of hydrogen-bond donors (Lipinski definition) is 1. The molecule has 1 atom stereocenters. The molecule has 2 N–H and O–H groups in total. The quantitative estimate of drug-likeness (QED) is 0.917. The predicted molar refractivity (Wildman–Crippen MR) is 71.3 cm³/mol. The summed E-state index contributed by atoms with van der Waals surface area (Å²) in [6.45, 7) is 1.65. The van der Waals surface area contributed by atoms with Crippen molar-refractivity contribution in [2.75, 3.05) is 6.61 Å². The topological polar surface area (TPSA) is 40.2 Å². The number of para-hydroxylation sites is 1. The molecule has 0 aliphatic rings. The van der Waals surface area contributed by atoms with E-state index in [1.165, 1.54) is 0 Å². The molecule has 1 unspecified atom stereocenters. The highest BCUT2D eigenvalue weighted by molar-refractivity contribution is 5.84. The number of nitrogens with two attached hydrogens (primary N) is 1. The number of nitrogens with zero attached hydrogens (tertiary/aromatic N) is 1. The van der Waals surface area contributed by atoms with Gasteiger partial charge in [-0.3, -0.25) is 4.74 Å². The Morgan fingerprint density at radius 1 is 1.30 bits per heavy atom. The van der Waals surface area contributed by atoms with Gasteiger partial charge >= 0.3 is 6.36 Å². The third kappa shape index (κ3) is 3.74. The van der Waals surface area contributed by atoms with Crippen LogP contribution in [0, 0.1) is 0 Å². The molecule has 0 radical (unpaired) electrons. The highest BCUT2D eigenvalue weighted by atomic mass is 19.4. The van der Waals surface area contributed by atoms with Gasteiger partial charge in [0.15, 0.2) is 0 Å². The first kappa shape index (κ1) is 14.9. The van der Waals surface area contributed by atoms with Gasteiger partial charge in [-0.2, -0.15) is 0 Å². The van der Waals surface area contributed by atoms with Crippen LogP contribution >= 0.6 is 0 Å². The van der Waals surface area contributed by atoms with Crippen molar-refractivity contribution >= 4 is 10.9 Å². The molecule has 1 aromatic carbocycles. The number of halogens is 3. The second-order valence-corrected chi connectivity index (χ2v) is 4.84. The molecule has 0 saturated carbocycles. The molecular formula is C14H17F3N2O. The van der Waals surface area contributed by atoms with Gasteiger partial charge < -0.3 is 10.3 Å². The van der Waals surface area contributed by atoms with E-state index in [4.69, 9.17) is 5.73 Å². The predicted octanol–water partition coefficient (Wildman–Crippen LogP) is 3.07. The molecular weight excluding hydrogens is 269 g/mol. The van der Waals surface area contributed by atoms with E-state index in [9.17, 15) is 13.2 Å². The van der Waals surface area contributed by atoms with Crippen molar-refractivity contribution in [3.8, 4) is 0 Å². The Morgan fingerprint density at radius 2 is 2.00 bits per heavy atom. The van der Waals surface area contributed by atoms with Crippen molar-refractivity contribution < 1.29 is 17.9 Å². The first-order valence-electron chi connectivity index (χ1n) is 6.40. The van der Waals surface area contributed by atoms with Gasteiger partial charge in [0.2, 0.25) is 0 Å². The van der Waals surface area contributed by atoms with Gasteiger partial charge in [0.1, 0.15) is 0 Å². The summed E-state index contributed by atoms with van der Waals surface area (Å²) >= 11 is 0. The zero-order chi connectivity index (χ0) is 14.8. The van der Waals surface area contributed by atoms with Crippen LogP contribution < -0.4 is 5.73 Å². The van der Waals surface area contributed by atoms with E-state index in [1.807, 2.05) is 37.4 Å². The molecule has 0 aliphatic carbocycles. The summed E-state index contributed by atoms with van der Waals surface area (Å²) in [4.78, 5) is 0. The minimum Gasteiger partial charge on any atom is -0.345 e. The molecule has 0 saturated heterocycles. The largest absolute Gasteiger partial charge is 0.522 e. The molecule has 20 heavy (non-hydrogen) atoms. The summed E-state index contributed by atoms with van der Waals surface area (Å²) in [5.74, 6) is 0. The molecule has 0 bridgehead atoms. The van der Waals surface area contributed by atoms with Crippen LogP contribution in [-0.2, 0) is 17.7 Å². The summed E-state index contributed by atoms with van der Waals surface area (Å²) in [7, 11) is 0. The van der Waals surface area contributed by atoms with Crippen LogP contribution in [0.4, 0.5) is 13.2 Å². The second kappa shape index (κ2) is 5.85. The maximum Gasteiger partial charge on any atom is 0.522 e. The van der Waals surface area contributed by atoms with Gasteiger partial charge in [0.05, 0.1) is 6.61 Å². The maximum atomic E-state index is 12.0. The van der Waals surface area contributed by atoms with Crippen molar-refractivity contribution in [1.29, 1.82) is 0 Å². The Kier molecular flexibility index (Phi) is 4.35. The Balaban J connectivity index is 2.20. The van der Waals surface area contributed by atoms with Crippen LogP contribution in [-0.4, -0.2) is 23.6 Å². The Hall–Kier alpha value is -1.53. The van der Waals surface area contributed by atoms with Crippen LogP contribution in [0.25, 0.3) is 10.9 Å². The lowest BCUT2D eigenvalue weighted by molar-refractivity contribution is -0.325. The van der Waals surface area contributed by atoms with E-state index in [1.54, 1.807) is 4.57 Å². The fourth-order valence-corrected chi connectivity index (χ4v) is 2.28. The molecule has 0 aliphatic heterocycles. The minimum absolute atomic E-state index is 0.000631. The van der Waals surface area contributed by atoms with Gasteiger partial charge in [-0.15, -0.1) is 13.2 Å². The second-order valence-electron chi connectivity index (χ2n) is 4.84. The highest BCUT2D eigenvalue weighted by Crippen LogP contribution is 2.23. The number of benzene rings is 1. The Labute approximate surface area is 115 Å². The zero-order valence-electron chi connectivity index (χ0n) is 11.2. The fourth-order valence-electron chi connectivity index (χ4n) is 2.28. The van der Waals surface area contributed by atoms with Crippen LogP contribution in [0.15, 0.2) is 30.5 Å². The molecule has 1 heterocycles. The average Bonchev–Trinajstić information content (AvgIpc) is 2.66. The van der Waals surface area contributed by atoms with Crippen LogP contribution in [0.2, 0.25) is 0 Å². The van der Waals surface area contributed by atoms with Gasteiger partial charge in [-0.05, 0) is 25.0 Å². The molecule has 1 aromatic heterocycles. The lowest BCUT2D eigenvalue weighted by atomic mass is 10.1. The van der Waals surface area contributed by atoms with Crippen molar-refractivity contribution in [2.45, 2.75) is 32.3 Å². The average molecular weight is 286 g/mol. The van der Waals surface area contributed by atoms with Crippen molar-refractivity contribution in [1.82, 2.24) is 4.57 Å². The number of rotatable bonds is 5. The van der Waals surface area contributed by atoms with Gasteiger partial charge in [-0.25, -0.2) is 0 Å². The molecule has 0 fully saturated rings. The molecule has 110 valence electrons. The van der Waals surface area contributed by atoms with E-state index in [0.29, 0.717) is 6.42 Å². The molecule has 2 aromatic rings. The maximum absolute atomic E-state index is 12.0. The summed E-state index contributed by atoms with van der Waals surface area (Å²) < 4.78 is 41.6. The SMILES string of the molecule is CC(N)Cc1cn(CCOC(F)(F)F)c2ccccc12. The van der Waals surface area contributed by atoms with E-state index < -0.39 is 13.0 Å². The number of aromatic nitrogens is 1. The monoisotopic (exact) mass is 286 g/mol. The van der Waals surface area contributed by atoms with Gasteiger partial charge in [0.25, 0.3) is 0 Å². The zero-order valence-corrected chi connectivity index (χ0v) is 11.2. The molecule has 0 amide bonds. The van der Waals surface area contributed by atoms with Gasteiger partial charge in [0, 0.05) is 29.7 Å². The van der Waals surface area contributed by atoms with Crippen molar-refractivity contribution in [3.63, 3.8) is 0 Å². The van der Waals surface area contributed by atoms with E-state index in [2.05, 4.69) is 4.74 Å². The summed E-state index contributed by atoms with van der Waals surface area (Å²) in [5, 5.41) is 1.02. The highest BCUT2D eigenvalue weighted by Gasteiger charge is 2.28. The first-order chi connectivity index (χ1) is 9.37. The van der Waals surface area contributed by atoms with Crippen LogP contribution in [0.5, 0.6) is 0 Å².